The SMILES string of the molecule is COC(=O)c1ccc(Oc2coc3c4c(ccc3c2=O)OCN(c2ccc3c(c2)OCCO3)C4)cc1. The minimum Gasteiger partial charge on any atom is -0.486 e. The molecule has 0 aliphatic carbocycles. The molecule has 6 rings (SSSR count). The summed E-state index contributed by atoms with van der Waals surface area (Å²) in [6, 6.07) is 15.5. The normalized spacial score (nSPS) is 14.1. The summed E-state index contributed by atoms with van der Waals surface area (Å²) in [5.41, 5.74) is 2.17. The lowest BCUT2D eigenvalue weighted by molar-refractivity contribution is 0.0600. The van der Waals surface area contributed by atoms with Crippen LogP contribution in [-0.2, 0) is 11.3 Å². The van der Waals surface area contributed by atoms with E-state index in [1.54, 1.807) is 36.4 Å². The van der Waals surface area contributed by atoms with Crippen molar-refractivity contribution in [2.75, 3.05) is 32.0 Å². The molecule has 4 aromatic rings. The number of hydrogen-bond acceptors (Lipinski definition) is 9. The Labute approximate surface area is 205 Å². The van der Waals surface area contributed by atoms with Crippen molar-refractivity contribution in [3.8, 4) is 28.7 Å². The Morgan fingerprint density at radius 1 is 0.917 bits per heavy atom. The lowest BCUT2D eigenvalue weighted by atomic mass is 10.1. The van der Waals surface area contributed by atoms with Crippen LogP contribution in [0.15, 0.2) is 70.1 Å². The molecule has 0 unspecified atom stereocenters. The molecule has 0 spiro atoms. The van der Waals surface area contributed by atoms with Gasteiger partial charge in [-0.1, -0.05) is 0 Å². The van der Waals surface area contributed by atoms with Crippen LogP contribution in [0.2, 0.25) is 0 Å². The van der Waals surface area contributed by atoms with Crippen LogP contribution in [-0.4, -0.2) is 33.0 Å². The van der Waals surface area contributed by atoms with Gasteiger partial charge in [-0.15, -0.1) is 0 Å². The highest BCUT2D eigenvalue weighted by atomic mass is 16.6. The van der Waals surface area contributed by atoms with Gasteiger partial charge in [0.2, 0.25) is 11.2 Å². The van der Waals surface area contributed by atoms with Crippen LogP contribution in [0, 0.1) is 0 Å². The number of rotatable bonds is 4. The smallest absolute Gasteiger partial charge is 0.337 e. The summed E-state index contributed by atoms with van der Waals surface area (Å²) in [7, 11) is 1.31. The van der Waals surface area contributed by atoms with E-state index in [1.165, 1.54) is 13.4 Å². The van der Waals surface area contributed by atoms with Gasteiger partial charge < -0.3 is 33.0 Å². The summed E-state index contributed by atoms with van der Waals surface area (Å²) in [4.78, 5) is 26.9. The molecule has 0 radical (unpaired) electrons. The molecule has 0 saturated carbocycles. The highest BCUT2D eigenvalue weighted by Crippen LogP contribution is 2.38. The molecule has 0 N–H and O–H groups in total. The third-order valence-corrected chi connectivity index (χ3v) is 6.09. The van der Waals surface area contributed by atoms with Gasteiger partial charge in [0.1, 0.15) is 36.6 Å². The fourth-order valence-corrected chi connectivity index (χ4v) is 4.26. The maximum Gasteiger partial charge on any atom is 0.337 e. The molecular formula is C27H21NO8. The minimum absolute atomic E-state index is 0.0358. The molecule has 0 bridgehead atoms. The Hall–Kier alpha value is -4.66. The zero-order valence-electron chi connectivity index (χ0n) is 19.3. The number of hydrogen-bond donors (Lipinski definition) is 0. The van der Waals surface area contributed by atoms with Crippen LogP contribution in [0.25, 0.3) is 11.0 Å². The predicted octanol–water partition coefficient (Wildman–Crippen LogP) is 4.50. The molecule has 1 aromatic heterocycles. The summed E-state index contributed by atoms with van der Waals surface area (Å²) in [6.45, 7) is 1.85. The first-order chi connectivity index (χ1) is 17.6. The quantitative estimate of drug-likeness (QED) is 0.386. The maximum atomic E-state index is 13.2. The van der Waals surface area contributed by atoms with Crippen molar-refractivity contribution in [1.29, 1.82) is 0 Å². The molecule has 3 heterocycles. The average molecular weight is 487 g/mol. The van der Waals surface area contributed by atoms with E-state index in [9.17, 15) is 9.59 Å². The van der Waals surface area contributed by atoms with Gasteiger partial charge >= 0.3 is 5.97 Å². The fraction of sp³-hybridized carbons (Fsp3) is 0.185. The number of anilines is 1. The summed E-state index contributed by atoms with van der Waals surface area (Å²) < 4.78 is 33.6. The number of ether oxygens (including phenoxy) is 5. The second-order valence-electron chi connectivity index (χ2n) is 8.27. The van der Waals surface area contributed by atoms with Gasteiger partial charge in [0, 0.05) is 11.8 Å². The Balaban J connectivity index is 1.29. The van der Waals surface area contributed by atoms with E-state index in [0.717, 1.165) is 11.3 Å². The van der Waals surface area contributed by atoms with Crippen molar-refractivity contribution in [2.45, 2.75) is 6.54 Å². The lowest BCUT2D eigenvalue weighted by Crippen LogP contribution is -2.32. The van der Waals surface area contributed by atoms with Gasteiger partial charge in [-0.3, -0.25) is 4.79 Å². The third kappa shape index (κ3) is 3.84. The number of carbonyl (C=O) groups excluding carboxylic acids is 1. The van der Waals surface area contributed by atoms with E-state index < -0.39 is 5.97 Å². The van der Waals surface area contributed by atoms with E-state index >= 15 is 0 Å². The molecule has 0 fully saturated rings. The van der Waals surface area contributed by atoms with Crippen LogP contribution in [0.1, 0.15) is 15.9 Å². The number of methoxy groups -OCH3 is 1. The zero-order valence-corrected chi connectivity index (χ0v) is 19.3. The second-order valence-corrected chi connectivity index (χ2v) is 8.27. The van der Waals surface area contributed by atoms with Gasteiger partial charge in [0.05, 0.1) is 30.2 Å². The molecule has 9 nitrogen and oxygen atoms in total. The van der Waals surface area contributed by atoms with Gasteiger partial charge in [-0.2, -0.15) is 0 Å². The highest BCUT2D eigenvalue weighted by molar-refractivity contribution is 5.89. The minimum atomic E-state index is -0.455. The molecule has 9 heteroatoms. The van der Waals surface area contributed by atoms with E-state index in [2.05, 4.69) is 0 Å². The van der Waals surface area contributed by atoms with Crippen LogP contribution >= 0.6 is 0 Å². The molecular weight excluding hydrogens is 466 g/mol. The maximum absolute atomic E-state index is 13.2. The number of benzene rings is 3. The van der Waals surface area contributed by atoms with Gasteiger partial charge in [-0.25, -0.2) is 4.79 Å². The lowest BCUT2D eigenvalue weighted by Gasteiger charge is -2.31. The highest BCUT2D eigenvalue weighted by Gasteiger charge is 2.24. The molecule has 182 valence electrons. The van der Waals surface area contributed by atoms with Crippen molar-refractivity contribution in [3.63, 3.8) is 0 Å². The van der Waals surface area contributed by atoms with Crippen LogP contribution in [0.3, 0.4) is 0 Å². The Morgan fingerprint density at radius 3 is 2.50 bits per heavy atom. The first-order valence-electron chi connectivity index (χ1n) is 11.3. The average Bonchev–Trinajstić information content (AvgIpc) is 2.93. The molecule has 2 aliphatic rings. The zero-order chi connectivity index (χ0) is 24.6. The summed E-state index contributed by atoms with van der Waals surface area (Å²) in [6.07, 6.45) is 1.29. The largest absolute Gasteiger partial charge is 0.486 e. The molecule has 0 saturated heterocycles. The molecule has 2 aliphatic heterocycles. The summed E-state index contributed by atoms with van der Waals surface area (Å²) in [5, 5.41) is 0.380. The van der Waals surface area contributed by atoms with Gasteiger partial charge in [0.15, 0.2) is 18.2 Å². The predicted molar refractivity (Wildman–Crippen MR) is 129 cm³/mol. The van der Waals surface area contributed by atoms with Crippen molar-refractivity contribution in [2.24, 2.45) is 0 Å². The number of esters is 1. The first kappa shape index (κ1) is 21.8. The first-order valence-corrected chi connectivity index (χ1v) is 11.3. The van der Waals surface area contributed by atoms with Crippen molar-refractivity contribution in [1.82, 2.24) is 0 Å². The molecule has 36 heavy (non-hydrogen) atoms. The van der Waals surface area contributed by atoms with Crippen molar-refractivity contribution < 1.29 is 32.9 Å². The van der Waals surface area contributed by atoms with Gasteiger partial charge in [-0.05, 0) is 48.5 Å². The van der Waals surface area contributed by atoms with Crippen LogP contribution in [0.4, 0.5) is 5.69 Å². The van der Waals surface area contributed by atoms with Crippen LogP contribution in [0.5, 0.6) is 28.7 Å². The van der Waals surface area contributed by atoms with Crippen molar-refractivity contribution in [3.05, 3.63) is 82.2 Å². The van der Waals surface area contributed by atoms with Crippen molar-refractivity contribution >= 4 is 22.6 Å². The summed E-state index contributed by atoms with van der Waals surface area (Å²) >= 11 is 0. The molecule has 3 aromatic carbocycles. The topological polar surface area (TPSA) is 96.7 Å². The van der Waals surface area contributed by atoms with E-state index in [0.29, 0.717) is 66.0 Å². The number of nitrogens with zero attached hydrogens (tertiary/aromatic N) is 1. The van der Waals surface area contributed by atoms with Crippen LogP contribution < -0.4 is 29.3 Å². The fourth-order valence-electron chi connectivity index (χ4n) is 4.26. The van der Waals surface area contributed by atoms with E-state index in [-0.39, 0.29) is 11.2 Å². The Morgan fingerprint density at radius 2 is 1.69 bits per heavy atom. The number of carbonyl (C=O) groups is 1. The third-order valence-electron chi connectivity index (χ3n) is 6.09. The monoisotopic (exact) mass is 487 g/mol. The van der Waals surface area contributed by atoms with Gasteiger partial charge in [0.25, 0.3) is 0 Å². The van der Waals surface area contributed by atoms with E-state index in [4.69, 9.17) is 28.1 Å². The van der Waals surface area contributed by atoms with E-state index in [1.807, 2.05) is 23.1 Å². The summed E-state index contributed by atoms with van der Waals surface area (Å²) in [5.74, 6) is 2.03. The molecule has 0 atom stereocenters. The Kier molecular flexibility index (Phi) is 5.37. The number of fused-ring (bicyclic) bond motifs is 4. The standard InChI is InChI=1S/C27H21NO8/c1-31-27(30)16-2-5-18(6-3-16)36-24-14-34-26-19(25(24)29)7-9-21-20(26)13-28(15-35-21)17-4-8-22-23(12-17)33-11-10-32-22/h2-9,12,14H,10-11,13,15H2,1H3. The Bertz CT molecular complexity index is 1530. The second kappa shape index (κ2) is 8.84. The molecule has 0 amide bonds.